The molecule has 0 amide bonds. The Morgan fingerprint density at radius 1 is 0.776 bits per heavy atom. The van der Waals surface area contributed by atoms with Crippen molar-refractivity contribution in [3.63, 3.8) is 0 Å². The van der Waals surface area contributed by atoms with Crippen LogP contribution in [-0.2, 0) is 22.4 Å². The van der Waals surface area contributed by atoms with Crippen LogP contribution in [0.25, 0.3) is 22.3 Å². The molecule has 0 unspecified atom stereocenters. The van der Waals surface area contributed by atoms with Gasteiger partial charge in [0.1, 0.15) is 5.75 Å². The summed E-state index contributed by atoms with van der Waals surface area (Å²) in [4.78, 5) is 11.7. The van der Waals surface area contributed by atoms with Gasteiger partial charge in [0.05, 0.1) is 26.4 Å². The van der Waals surface area contributed by atoms with Gasteiger partial charge < -0.3 is 19.7 Å². The van der Waals surface area contributed by atoms with Crippen LogP contribution in [0.15, 0.2) is 60.7 Å². The lowest BCUT2D eigenvalue weighted by Crippen LogP contribution is -2.31. The van der Waals surface area contributed by atoms with Gasteiger partial charge in [-0.1, -0.05) is 102 Å². The molecule has 0 atom stereocenters. The fourth-order valence-corrected chi connectivity index (χ4v) is 7.38. The standard InChI is InChI=1S/C44H62O5/c1-5-9-10-12-33-14-16-35(17-15-33)36-18-20-37(21-19-36)38-22-24-41(34(6-2)29-38)39-23-25-42(48-28-26-44(8-4,31-45)32-46)40(30-39)13-11-27-49-43(47)7-3/h18-25,29-30,33,35,45-46H,5-17,26-28,31-32H2,1-4H3. The number of esters is 1. The fraction of sp³-hybridized carbons (Fsp3) is 0.568. The van der Waals surface area contributed by atoms with Gasteiger partial charge in [-0.3, -0.25) is 4.79 Å². The number of aryl methyl sites for hydroxylation is 2. The predicted molar refractivity (Wildman–Crippen MR) is 202 cm³/mol. The van der Waals surface area contributed by atoms with Gasteiger partial charge in [-0.2, -0.15) is 0 Å². The third kappa shape index (κ3) is 10.9. The second-order valence-electron chi connectivity index (χ2n) is 14.3. The summed E-state index contributed by atoms with van der Waals surface area (Å²) in [5, 5.41) is 19.8. The Labute approximate surface area is 296 Å². The molecule has 268 valence electrons. The van der Waals surface area contributed by atoms with E-state index < -0.39 is 5.41 Å². The molecule has 0 aliphatic heterocycles. The molecule has 0 saturated heterocycles. The quantitative estimate of drug-likeness (QED) is 0.0924. The largest absolute Gasteiger partial charge is 0.493 e. The average molecular weight is 671 g/mol. The van der Waals surface area contributed by atoms with Gasteiger partial charge in [-0.15, -0.1) is 0 Å². The highest BCUT2D eigenvalue weighted by Gasteiger charge is 2.27. The van der Waals surface area contributed by atoms with Crippen molar-refractivity contribution in [1.82, 2.24) is 0 Å². The Hall–Kier alpha value is -3.15. The van der Waals surface area contributed by atoms with Crippen LogP contribution >= 0.6 is 0 Å². The zero-order chi connectivity index (χ0) is 35.1. The smallest absolute Gasteiger partial charge is 0.305 e. The maximum Gasteiger partial charge on any atom is 0.305 e. The molecular weight excluding hydrogens is 608 g/mol. The number of benzene rings is 3. The molecule has 0 radical (unpaired) electrons. The normalized spacial score (nSPS) is 16.4. The van der Waals surface area contributed by atoms with Crippen LogP contribution in [0.2, 0.25) is 0 Å². The molecule has 0 heterocycles. The Morgan fingerprint density at radius 3 is 2.12 bits per heavy atom. The number of hydrogen-bond donors (Lipinski definition) is 2. The molecule has 5 nitrogen and oxygen atoms in total. The van der Waals surface area contributed by atoms with Gasteiger partial charge >= 0.3 is 5.97 Å². The Bertz CT molecular complexity index is 1410. The van der Waals surface area contributed by atoms with Gasteiger partial charge in [0.2, 0.25) is 0 Å². The van der Waals surface area contributed by atoms with Gasteiger partial charge in [-0.05, 0) is 121 Å². The second kappa shape index (κ2) is 19.9. The minimum Gasteiger partial charge on any atom is -0.493 e. The maximum atomic E-state index is 11.7. The van der Waals surface area contributed by atoms with Crippen LogP contribution in [-0.4, -0.2) is 42.6 Å². The van der Waals surface area contributed by atoms with Gasteiger partial charge in [-0.25, -0.2) is 0 Å². The monoisotopic (exact) mass is 670 g/mol. The number of ether oxygens (including phenoxy) is 2. The lowest BCUT2D eigenvalue weighted by Gasteiger charge is -2.29. The highest BCUT2D eigenvalue weighted by atomic mass is 16.5. The molecule has 0 aromatic heterocycles. The number of aliphatic hydroxyl groups is 2. The number of unbranched alkanes of at least 4 members (excludes halogenated alkanes) is 2. The van der Waals surface area contributed by atoms with Crippen LogP contribution in [0.3, 0.4) is 0 Å². The maximum absolute atomic E-state index is 11.7. The summed E-state index contributed by atoms with van der Waals surface area (Å²) in [6.45, 7) is 8.93. The van der Waals surface area contributed by atoms with Crippen LogP contribution in [0.1, 0.15) is 127 Å². The zero-order valence-corrected chi connectivity index (χ0v) is 30.8. The van der Waals surface area contributed by atoms with Crippen LogP contribution in [0.5, 0.6) is 5.75 Å². The first-order valence-corrected chi connectivity index (χ1v) is 19.3. The van der Waals surface area contributed by atoms with Crippen LogP contribution in [0, 0.1) is 11.3 Å². The topological polar surface area (TPSA) is 76.0 Å². The number of aliphatic hydroxyl groups excluding tert-OH is 2. The summed E-state index contributed by atoms with van der Waals surface area (Å²) in [6.07, 6.45) is 14.9. The number of rotatable bonds is 20. The third-order valence-electron chi connectivity index (χ3n) is 11.1. The van der Waals surface area contributed by atoms with Crippen molar-refractivity contribution in [3.05, 3.63) is 77.4 Å². The summed E-state index contributed by atoms with van der Waals surface area (Å²) in [5.74, 6) is 2.24. The first-order chi connectivity index (χ1) is 23.9. The molecule has 0 spiro atoms. The van der Waals surface area contributed by atoms with Crippen LogP contribution < -0.4 is 4.74 Å². The molecule has 0 bridgehead atoms. The highest BCUT2D eigenvalue weighted by Crippen LogP contribution is 2.39. The molecule has 49 heavy (non-hydrogen) atoms. The lowest BCUT2D eigenvalue weighted by atomic mass is 9.77. The van der Waals surface area contributed by atoms with E-state index in [1.807, 2.05) is 13.0 Å². The van der Waals surface area contributed by atoms with E-state index in [0.717, 1.165) is 29.2 Å². The number of hydrogen-bond acceptors (Lipinski definition) is 5. The van der Waals surface area contributed by atoms with E-state index in [1.54, 1.807) is 6.92 Å². The van der Waals surface area contributed by atoms with E-state index in [2.05, 4.69) is 68.4 Å². The summed E-state index contributed by atoms with van der Waals surface area (Å²) >= 11 is 0. The van der Waals surface area contributed by atoms with Crippen molar-refractivity contribution < 1.29 is 24.5 Å². The Kier molecular flexibility index (Phi) is 15.7. The molecule has 1 aliphatic carbocycles. The van der Waals surface area contributed by atoms with Gasteiger partial charge in [0.25, 0.3) is 0 Å². The molecule has 1 aliphatic rings. The number of carbonyl (C=O) groups excluding carboxylic acids is 1. The van der Waals surface area contributed by atoms with Gasteiger partial charge in [0, 0.05) is 11.8 Å². The predicted octanol–water partition coefficient (Wildman–Crippen LogP) is 10.5. The van der Waals surface area contributed by atoms with Crippen molar-refractivity contribution in [2.75, 3.05) is 26.4 Å². The Morgan fingerprint density at radius 2 is 1.47 bits per heavy atom. The van der Waals surface area contributed by atoms with Crippen molar-refractivity contribution in [2.45, 2.75) is 124 Å². The molecule has 1 fully saturated rings. The molecule has 3 aromatic rings. The van der Waals surface area contributed by atoms with Crippen molar-refractivity contribution in [1.29, 1.82) is 0 Å². The van der Waals surface area contributed by atoms with E-state index in [1.165, 1.54) is 79.2 Å². The highest BCUT2D eigenvalue weighted by molar-refractivity contribution is 5.75. The molecule has 3 aromatic carbocycles. The van der Waals surface area contributed by atoms with Crippen molar-refractivity contribution >= 4 is 5.97 Å². The van der Waals surface area contributed by atoms with E-state index in [4.69, 9.17) is 9.47 Å². The fourth-order valence-electron chi connectivity index (χ4n) is 7.38. The van der Waals surface area contributed by atoms with Gasteiger partial charge in [0.15, 0.2) is 0 Å². The summed E-state index contributed by atoms with van der Waals surface area (Å²) in [6, 6.07) is 22.6. The third-order valence-corrected chi connectivity index (χ3v) is 11.1. The minimum absolute atomic E-state index is 0.0714. The zero-order valence-electron chi connectivity index (χ0n) is 30.8. The summed E-state index contributed by atoms with van der Waals surface area (Å²) in [5.41, 5.74) is 8.19. The first-order valence-electron chi connectivity index (χ1n) is 19.3. The molecule has 4 rings (SSSR count). The average Bonchev–Trinajstić information content (AvgIpc) is 3.15. The van der Waals surface area contributed by atoms with E-state index in [9.17, 15) is 15.0 Å². The SMILES string of the molecule is CCCCCC1CCC(c2ccc(-c3ccc(-c4ccc(OCCC(CC)(CO)CO)c(CCCOC(=O)CC)c4)c(CC)c3)cc2)CC1. The molecular formula is C44H62O5. The minimum atomic E-state index is -0.542. The molecule has 5 heteroatoms. The van der Waals surface area contributed by atoms with E-state index in [0.29, 0.717) is 51.2 Å². The second-order valence-corrected chi connectivity index (χ2v) is 14.3. The van der Waals surface area contributed by atoms with E-state index in [-0.39, 0.29) is 19.2 Å². The summed E-state index contributed by atoms with van der Waals surface area (Å²) in [7, 11) is 0. The number of carbonyl (C=O) groups is 1. The molecule has 1 saturated carbocycles. The summed E-state index contributed by atoms with van der Waals surface area (Å²) < 4.78 is 11.6. The Balaban J connectivity index is 1.48. The van der Waals surface area contributed by atoms with Crippen molar-refractivity contribution in [2.24, 2.45) is 11.3 Å². The van der Waals surface area contributed by atoms with E-state index >= 15 is 0 Å². The first kappa shape index (κ1) is 38.6. The van der Waals surface area contributed by atoms with Crippen molar-refractivity contribution in [3.8, 4) is 28.0 Å². The molecule has 2 N–H and O–H groups in total. The van der Waals surface area contributed by atoms with Crippen LogP contribution in [0.4, 0.5) is 0 Å². The lowest BCUT2D eigenvalue weighted by molar-refractivity contribution is -0.143.